The second kappa shape index (κ2) is 8.76. The van der Waals surface area contributed by atoms with Gasteiger partial charge in [-0.2, -0.15) is 4.57 Å². The minimum Gasteiger partial charge on any atom is -0.497 e. The highest BCUT2D eigenvalue weighted by Gasteiger charge is 2.36. The van der Waals surface area contributed by atoms with Gasteiger partial charge in [-0.3, -0.25) is 4.99 Å². The molecule has 3 aromatic rings. The predicted molar refractivity (Wildman–Crippen MR) is 138 cm³/mol. The van der Waals surface area contributed by atoms with Crippen LogP contribution in [0.3, 0.4) is 0 Å². The number of allylic oxidation sites excluding steroid dienone is 3. The Balaban J connectivity index is 1.41. The minimum absolute atomic E-state index is 0.0107. The summed E-state index contributed by atoms with van der Waals surface area (Å²) in [5.74, 6) is 1.70. The summed E-state index contributed by atoms with van der Waals surface area (Å²) in [7, 11) is 3.38. The lowest BCUT2D eigenvalue weighted by Crippen LogP contribution is -2.35. The van der Waals surface area contributed by atoms with Gasteiger partial charge < -0.3 is 14.4 Å². The van der Waals surface area contributed by atoms with Crippen LogP contribution in [0.25, 0.3) is 11.4 Å². The Bertz CT molecular complexity index is 1410. The summed E-state index contributed by atoms with van der Waals surface area (Å²) in [6.07, 6.45) is 15.1. The first-order chi connectivity index (χ1) is 17.2. The zero-order valence-electron chi connectivity index (χ0n) is 19.7. The van der Waals surface area contributed by atoms with E-state index in [2.05, 4.69) is 94.7 Å². The second-order valence-corrected chi connectivity index (χ2v) is 8.62. The van der Waals surface area contributed by atoms with Gasteiger partial charge in [-0.05, 0) is 72.3 Å². The second-order valence-electron chi connectivity index (χ2n) is 8.62. The molecule has 0 fully saturated rings. The minimum atomic E-state index is -0.0107. The third-order valence-electron chi connectivity index (χ3n) is 6.66. The summed E-state index contributed by atoms with van der Waals surface area (Å²) in [5, 5.41) is 0. The third-order valence-corrected chi connectivity index (χ3v) is 6.66. The fourth-order valence-corrected chi connectivity index (χ4v) is 4.88. The van der Waals surface area contributed by atoms with Gasteiger partial charge in [0.25, 0.3) is 0 Å². The van der Waals surface area contributed by atoms with Crippen molar-refractivity contribution in [2.24, 2.45) is 4.99 Å². The molecule has 3 aliphatic rings. The molecule has 2 aromatic carbocycles. The van der Waals surface area contributed by atoms with Gasteiger partial charge in [-0.25, -0.2) is 0 Å². The van der Waals surface area contributed by atoms with Gasteiger partial charge >= 0.3 is 0 Å². The standard InChI is InChI=1S/C30H26N3O2/c1-34-23-13-9-21(10-14-23)29-19-25(27-7-3-5-17-32(27)29)31-26-20-30(33-18-6-4-8-28(26)33)22-11-15-24(35-2)16-12-22/h3-20,25,27H,1-2H3/q+1. The maximum Gasteiger partial charge on any atom is 0.236 e. The topological polar surface area (TPSA) is 37.9 Å². The molecule has 1 aromatic heterocycles. The molecule has 3 aliphatic heterocycles. The molecule has 0 radical (unpaired) electrons. The Labute approximate surface area is 205 Å². The molecule has 172 valence electrons. The van der Waals surface area contributed by atoms with Gasteiger partial charge in [-0.15, -0.1) is 0 Å². The van der Waals surface area contributed by atoms with Crippen LogP contribution in [0.4, 0.5) is 0 Å². The Morgan fingerprint density at radius 2 is 1.54 bits per heavy atom. The molecule has 35 heavy (non-hydrogen) atoms. The van der Waals surface area contributed by atoms with Crippen molar-refractivity contribution in [1.29, 1.82) is 0 Å². The van der Waals surface area contributed by atoms with E-state index in [9.17, 15) is 0 Å². The number of aromatic nitrogens is 1. The lowest BCUT2D eigenvalue weighted by Gasteiger charge is -2.28. The number of ether oxygens (including phenoxy) is 2. The molecule has 6 rings (SSSR count). The van der Waals surface area contributed by atoms with Crippen LogP contribution in [-0.4, -0.2) is 36.9 Å². The van der Waals surface area contributed by atoms with Crippen molar-refractivity contribution in [3.05, 3.63) is 126 Å². The highest BCUT2D eigenvalue weighted by atomic mass is 16.5. The van der Waals surface area contributed by atoms with Crippen LogP contribution in [0, 0.1) is 0 Å². The van der Waals surface area contributed by atoms with Gasteiger partial charge in [0.1, 0.15) is 17.2 Å². The van der Waals surface area contributed by atoms with Crippen LogP contribution < -0.4 is 14.0 Å². The lowest BCUT2D eigenvalue weighted by atomic mass is 10.1. The van der Waals surface area contributed by atoms with Crippen LogP contribution in [0.1, 0.15) is 16.8 Å². The smallest absolute Gasteiger partial charge is 0.236 e. The van der Waals surface area contributed by atoms with E-state index < -0.39 is 0 Å². The number of benzene rings is 2. The molecular formula is C30H26N3O2+. The van der Waals surface area contributed by atoms with Gasteiger partial charge in [0, 0.05) is 35.7 Å². The monoisotopic (exact) mass is 460 g/mol. The Kier molecular flexibility index (Phi) is 5.30. The van der Waals surface area contributed by atoms with E-state index in [1.807, 2.05) is 24.3 Å². The highest BCUT2D eigenvalue weighted by molar-refractivity contribution is 6.12. The normalized spacial score (nSPS) is 21.0. The molecule has 0 aliphatic carbocycles. The van der Waals surface area contributed by atoms with Crippen molar-refractivity contribution in [3.8, 4) is 11.5 Å². The molecule has 0 saturated heterocycles. The maximum atomic E-state index is 5.35. The molecule has 4 heterocycles. The van der Waals surface area contributed by atoms with E-state index >= 15 is 0 Å². The van der Waals surface area contributed by atoms with Crippen molar-refractivity contribution in [2.75, 3.05) is 14.2 Å². The maximum absolute atomic E-state index is 5.35. The molecule has 0 spiro atoms. The lowest BCUT2D eigenvalue weighted by molar-refractivity contribution is -0.577. The average Bonchev–Trinajstić information content (AvgIpc) is 3.48. The van der Waals surface area contributed by atoms with E-state index in [0.717, 1.165) is 45.4 Å². The molecule has 0 saturated carbocycles. The first-order valence-electron chi connectivity index (χ1n) is 11.7. The number of pyridine rings is 1. The predicted octanol–water partition coefficient (Wildman–Crippen LogP) is 4.86. The van der Waals surface area contributed by atoms with Crippen LogP contribution in [-0.2, 0) is 0 Å². The van der Waals surface area contributed by atoms with Crippen LogP contribution >= 0.6 is 0 Å². The van der Waals surface area contributed by atoms with Gasteiger partial charge in [-0.1, -0.05) is 12.2 Å². The van der Waals surface area contributed by atoms with E-state index in [0.29, 0.717) is 0 Å². The SMILES string of the molecule is COc1ccc(C2=CC(N=C3C=C(c4ccc(OC)cc4)[n+]4ccccc43)C3C=CC=CN23)cc1. The van der Waals surface area contributed by atoms with Crippen molar-refractivity contribution in [2.45, 2.75) is 12.1 Å². The molecule has 2 unspecified atom stereocenters. The Morgan fingerprint density at radius 1 is 0.829 bits per heavy atom. The first kappa shape index (κ1) is 21.2. The number of hydrogen-bond donors (Lipinski definition) is 0. The fourth-order valence-electron chi connectivity index (χ4n) is 4.88. The summed E-state index contributed by atoms with van der Waals surface area (Å²) in [4.78, 5) is 7.59. The molecular weight excluding hydrogens is 434 g/mol. The van der Waals surface area contributed by atoms with Crippen LogP contribution in [0.5, 0.6) is 11.5 Å². The quantitative estimate of drug-likeness (QED) is 0.511. The summed E-state index contributed by atoms with van der Waals surface area (Å²) in [5.41, 5.74) is 6.61. The summed E-state index contributed by atoms with van der Waals surface area (Å²) < 4.78 is 12.9. The summed E-state index contributed by atoms with van der Waals surface area (Å²) >= 11 is 0. The number of fused-ring (bicyclic) bond motifs is 2. The molecule has 0 amide bonds. The van der Waals surface area contributed by atoms with E-state index in [1.165, 1.54) is 0 Å². The Morgan fingerprint density at radius 3 is 2.26 bits per heavy atom. The number of rotatable bonds is 5. The van der Waals surface area contributed by atoms with Gasteiger partial charge in [0.15, 0.2) is 6.20 Å². The molecule has 0 N–H and O–H groups in total. The van der Waals surface area contributed by atoms with Crippen molar-refractivity contribution < 1.29 is 14.0 Å². The number of methoxy groups -OCH3 is 2. The average molecular weight is 461 g/mol. The van der Waals surface area contributed by atoms with Crippen molar-refractivity contribution in [1.82, 2.24) is 4.90 Å². The first-order valence-corrected chi connectivity index (χ1v) is 11.7. The third kappa shape index (κ3) is 3.75. The van der Waals surface area contributed by atoms with Crippen LogP contribution in [0.2, 0.25) is 0 Å². The number of aliphatic imine (C=N–C) groups is 1. The Hall–Kier alpha value is -4.38. The number of nitrogens with zero attached hydrogens (tertiary/aromatic N) is 3. The fraction of sp³-hybridized carbons (Fsp3) is 0.133. The number of hydrogen-bond acceptors (Lipinski definition) is 4. The molecule has 0 bridgehead atoms. The van der Waals surface area contributed by atoms with E-state index in [1.54, 1.807) is 14.2 Å². The van der Waals surface area contributed by atoms with Crippen molar-refractivity contribution in [3.63, 3.8) is 0 Å². The van der Waals surface area contributed by atoms with E-state index in [4.69, 9.17) is 14.5 Å². The van der Waals surface area contributed by atoms with Crippen LogP contribution in [0.15, 0.2) is 114 Å². The summed E-state index contributed by atoms with van der Waals surface area (Å²) in [6, 6.07) is 22.7. The largest absolute Gasteiger partial charge is 0.497 e. The highest BCUT2D eigenvalue weighted by Crippen LogP contribution is 2.35. The van der Waals surface area contributed by atoms with Gasteiger partial charge in [0.2, 0.25) is 11.4 Å². The van der Waals surface area contributed by atoms with Crippen molar-refractivity contribution >= 4 is 17.1 Å². The summed E-state index contributed by atoms with van der Waals surface area (Å²) in [6.45, 7) is 0. The zero-order valence-corrected chi connectivity index (χ0v) is 19.7. The molecule has 5 nitrogen and oxygen atoms in total. The van der Waals surface area contributed by atoms with Gasteiger partial charge in [0.05, 0.1) is 26.3 Å². The zero-order chi connectivity index (χ0) is 23.8. The van der Waals surface area contributed by atoms with E-state index in [-0.39, 0.29) is 12.1 Å². The molecule has 5 heteroatoms. The molecule has 2 atom stereocenters.